The van der Waals surface area contributed by atoms with Gasteiger partial charge in [0.15, 0.2) is 5.13 Å². The van der Waals surface area contributed by atoms with Crippen molar-refractivity contribution >= 4 is 60.5 Å². The Hall–Kier alpha value is -3.59. The highest BCUT2D eigenvalue weighted by Gasteiger charge is 2.39. The van der Waals surface area contributed by atoms with Crippen LogP contribution in [0.2, 0.25) is 0 Å². The maximum absolute atomic E-state index is 13.9. The van der Waals surface area contributed by atoms with Gasteiger partial charge in [-0.05, 0) is 35.9 Å². The van der Waals surface area contributed by atoms with Crippen molar-refractivity contribution in [3.63, 3.8) is 0 Å². The number of alkyl halides is 3. The number of nitrogen functional groups attached to an aromatic ring is 1. The number of nitrogens with two attached hydrogens (primary N) is 1. The summed E-state index contributed by atoms with van der Waals surface area (Å²) in [5.41, 5.74) is 6.93. The molecule has 3 heterocycles. The third kappa shape index (κ3) is 5.62. The van der Waals surface area contributed by atoms with Crippen LogP contribution in [-0.2, 0) is 16.2 Å². The molecule has 4 N–H and O–H groups in total. The average molecular weight is 562 g/mol. The van der Waals surface area contributed by atoms with Crippen LogP contribution < -0.4 is 16.4 Å². The molecular weight excluding hydrogens is 539 g/mol. The number of halogens is 3. The number of anilines is 3. The van der Waals surface area contributed by atoms with E-state index in [2.05, 4.69) is 25.6 Å². The van der Waals surface area contributed by atoms with Gasteiger partial charge in [-0.3, -0.25) is 0 Å². The van der Waals surface area contributed by atoms with Crippen molar-refractivity contribution in [2.24, 2.45) is 0 Å². The molecule has 14 heteroatoms. The molecule has 38 heavy (non-hydrogen) atoms. The lowest BCUT2D eigenvalue weighted by Crippen LogP contribution is -2.46. The van der Waals surface area contributed by atoms with Crippen molar-refractivity contribution in [2.45, 2.75) is 11.1 Å². The van der Waals surface area contributed by atoms with E-state index < -0.39 is 26.7 Å². The van der Waals surface area contributed by atoms with E-state index in [9.17, 15) is 21.6 Å². The topological polar surface area (TPSA) is 126 Å². The van der Waals surface area contributed by atoms with Crippen LogP contribution in [0.5, 0.6) is 0 Å². The number of piperazine rings is 1. The van der Waals surface area contributed by atoms with Crippen molar-refractivity contribution in [1.29, 1.82) is 0 Å². The zero-order valence-corrected chi connectivity index (χ0v) is 21.4. The van der Waals surface area contributed by atoms with Crippen LogP contribution in [0.1, 0.15) is 16.7 Å². The number of nitrogens with one attached hydrogen (secondary N) is 2. The highest BCUT2D eigenvalue weighted by atomic mass is 32.2. The summed E-state index contributed by atoms with van der Waals surface area (Å²) < 4.78 is 69.5. The van der Waals surface area contributed by atoms with Gasteiger partial charge >= 0.3 is 6.18 Å². The van der Waals surface area contributed by atoms with Crippen LogP contribution in [0.25, 0.3) is 22.4 Å². The number of rotatable bonds is 6. The number of aromatic nitrogens is 3. The summed E-state index contributed by atoms with van der Waals surface area (Å²) >= 11 is 1.39. The molecule has 0 spiro atoms. The second-order valence-electron chi connectivity index (χ2n) is 8.44. The lowest BCUT2D eigenvalue weighted by Gasteiger charge is -2.28. The summed E-state index contributed by atoms with van der Waals surface area (Å²) in [5.74, 6) is 0.0644. The quantitative estimate of drug-likeness (QED) is 0.320. The monoisotopic (exact) mass is 561 g/mol. The Morgan fingerprint density at radius 1 is 1.03 bits per heavy atom. The van der Waals surface area contributed by atoms with Gasteiger partial charge in [0.05, 0.1) is 20.7 Å². The van der Waals surface area contributed by atoms with Crippen molar-refractivity contribution in [3.05, 3.63) is 65.5 Å². The number of hydrogen-bond donors (Lipinski definition) is 3. The molecule has 1 fully saturated rings. The van der Waals surface area contributed by atoms with Gasteiger partial charge in [-0.1, -0.05) is 29.6 Å². The molecule has 1 saturated heterocycles. The predicted molar refractivity (Wildman–Crippen MR) is 141 cm³/mol. The Morgan fingerprint density at radius 2 is 1.74 bits per heavy atom. The Balaban J connectivity index is 1.33. The highest BCUT2D eigenvalue weighted by molar-refractivity contribution is 7.89. The predicted octanol–water partition coefficient (Wildman–Crippen LogP) is 4.20. The van der Waals surface area contributed by atoms with Crippen molar-refractivity contribution in [1.82, 2.24) is 24.6 Å². The molecule has 2 aromatic heterocycles. The second-order valence-corrected chi connectivity index (χ2v) is 11.4. The van der Waals surface area contributed by atoms with Crippen LogP contribution in [0, 0.1) is 0 Å². The summed E-state index contributed by atoms with van der Waals surface area (Å²) in [7, 11) is -4.31. The third-order valence-electron chi connectivity index (χ3n) is 5.80. The molecule has 5 rings (SSSR count). The minimum atomic E-state index is -4.88. The lowest BCUT2D eigenvalue weighted by molar-refractivity contribution is -0.139. The standard InChI is InChI=1S/C24H22F3N7O2S2/c25-24(26,27)18-12-17(4-6-21(18)38(35,36)34-9-7-29-8-10-34)32-23-30-13-16(14-31-23)2-1-15-3-5-19-20(11-15)37-22(28)33-19/h1-6,11-14,29H,7-10H2,(H2,28,33)(H,30,31,32)/b2-1+. The summed E-state index contributed by atoms with van der Waals surface area (Å²) in [6.45, 7) is 0.948. The molecule has 2 aromatic carbocycles. The second kappa shape index (κ2) is 10.3. The number of hydrogen-bond acceptors (Lipinski definition) is 9. The van der Waals surface area contributed by atoms with Gasteiger partial charge in [-0.2, -0.15) is 17.5 Å². The molecule has 0 aliphatic carbocycles. The first-order valence-corrected chi connectivity index (χ1v) is 13.7. The molecule has 0 atom stereocenters. The van der Waals surface area contributed by atoms with Crippen LogP contribution in [0.3, 0.4) is 0 Å². The van der Waals surface area contributed by atoms with Crippen LogP contribution >= 0.6 is 11.3 Å². The molecule has 4 aromatic rings. The van der Waals surface area contributed by atoms with Gasteiger partial charge in [0, 0.05) is 49.8 Å². The van der Waals surface area contributed by atoms with E-state index in [1.807, 2.05) is 24.3 Å². The Kier molecular flexibility index (Phi) is 7.05. The first kappa shape index (κ1) is 26.0. The van der Waals surface area contributed by atoms with Crippen LogP contribution in [0.15, 0.2) is 53.7 Å². The molecule has 0 amide bonds. The average Bonchev–Trinajstić information content (AvgIpc) is 3.27. The Labute approximate surface area is 220 Å². The van der Waals surface area contributed by atoms with Gasteiger partial charge in [-0.15, -0.1) is 0 Å². The van der Waals surface area contributed by atoms with Gasteiger partial charge in [0.25, 0.3) is 0 Å². The molecule has 0 radical (unpaired) electrons. The highest BCUT2D eigenvalue weighted by Crippen LogP contribution is 2.37. The summed E-state index contributed by atoms with van der Waals surface area (Å²) in [4.78, 5) is 11.8. The van der Waals surface area contributed by atoms with E-state index in [4.69, 9.17) is 5.73 Å². The van der Waals surface area contributed by atoms with Gasteiger partial charge in [0.2, 0.25) is 16.0 Å². The number of fused-ring (bicyclic) bond motifs is 1. The van der Waals surface area contributed by atoms with E-state index in [1.54, 1.807) is 6.08 Å². The SMILES string of the molecule is Nc1nc2ccc(/C=C/c3cnc(Nc4ccc(S(=O)(=O)N5CCNCC5)c(C(F)(F)F)c4)nc3)cc2s1. The van der Waals surface area contributed by atoms with E-state index in [-0.39, 0.29) is 24.7 Å². The lowest BCUT2D eigenvalue weighted by atomic mass is 10.2. The summed E-state index contributed by atoms with van der Waals surface area (Å²) in [6.07, 6.45) is 1.82. The smallest absolute Gasteiger partial charge is 0.375 e. The van der Waals surface area contributed by atoms with E-state index in [0.29, 0.717) is 23.8 Å². The fourth-order valence-corrected chi connectivity index (χ4v) is 6.37. The van der Waals surface area contributed by atoms with Gasteiger partial charge in [0.1, 0.15) is 0 Å². The zero-order valence-electron chi connectivity index (χ0n) is 19.7. The molecular formula is C24H22F3N7O2S2. The van der Waals surface area contributed by atoms with Crippen LogP contribution in [0.4, 0.5) is 29.9 Å². The maximum Gasteiger partial charge on any atom is 0.417 e. The van der Waals surface area contributed by atoms with E-state index in [1.165, 1.54) is 29.8 Å². The Morgan fingerprint density at radius 3 is 2.45 bits per heavy atom. The third-order valence-corrected chi connectivity index (χ3v) is 8.61. The largest absolute Gasteiger partial charge is 0.417 e. The minimum Gasteiger partial charge on any atom is -0.375 e. The molecule has 0 bridgehead atoms. The first-order chi connectivity index (χ1) is 18.1. The molecule has 0 unspecified atom stereocenters. The molecule has 198 valence electrons. The normalized spacial score (nSPS) is 15.3. The van der Waals surface area contributed by atoms with E-state index in [0.717, 1.165) is 32.2 Å². The van der Waals surface area contributed by atoms with Crippen molar-refractivity contribution in [3.8, 4) is 0 Å². The fraction of sp³-hybridized carbons (Fsp3) is 0.208. The summed E-state index contributed by atoms with van der Waals surface area (Å²) in [6, 6.07) is 8.73. The summed E-state index contributed by atoms with van der Waals surface area (Å²) in [5, 5.41) is 6.20. The van der Waals surface area contributed by atoms with Gasteiger partial charge in [-0.25, -0.2) is 23.4 Å². The van der Waals surface area contributed by atoms with Crippen LogP contribution in [-0.4, -0.2) is 53.9 Å². The van der Waals surface area contributed by atoms with Crippen molar-refractivity contribution in [2.75, 3.05) is 37.2 Å². The molecule has 9 nitrogen and oxygen atoms in total. The fourth-order valence-electron chi connectivity index (χ4n) is 3.95. The minimum absolute atomic E-state index is 0.0111. The number of nitrogens with zero attached hydrogens (tertiary/aromatic N) is 4. The maximum atomic E-state index is 13.9. The molecule has 0 saturated carbocycles. The Bertz CT molecular complexity index is 1600. The number of sulfonamides is 1. The number of thiazole rings is 1. The van der Waals surface area contributed by atoms with Crippen molar-refractivity contribution < 1.29 is 21.6 Å². The zero-order chi connectivity index (χ0) is 26.9. The first-order valence-electron chi connectivity index (χ1n) is 11.4. The molecule has 1 aliphatic heterocycles. The van der Waals surface area contributed by atoms with Gasteiger partial charge < -0.3 is 16.4 Å². The molecule has 1 aliphatic rings. The van der Waals surface area contributed by atoms with E-state index >= 15 is 0 Å². The number of benzene rings is 2.